The van der Waals surface area contributed by atoms with Crippen molar-refractivity contribution in [1.82, 2.24) is 5.32 Å². The molecule has 0 aliphatic heterocycles. The van der Waals surface area contributed by atoms with Gasteiger partial charge in [-0.25, -0.2) is 12.8 Å². The van der Waals surface area contributed by atoms with Crippen molar-refractivity contribution in [3.8, 4) is 0 Å². The van der Waals surface area contributed by atoms with Gasteiger partial charge in [0.25, 0.3) is 5.91 Å². The van der Waals surface area contributed by atoms with Crippen molar-refractivity contribution in [3.05, 3.63) is 59.9 Å². The smallest absolute Gasteiger partial charge is 0.253 e. The highest BCUT2D eigenvalue weighted by Gasteiger charge is 2.30. The Hall–Kier alpha value is -2.94. The zero-order chi connectivity index (χ0) is 22.7. The average Bonchev–Trinajstić information content (AvgIpc) is 2.59. The van der Waals surface area contributed by atoms with Gasteiger partial charge in [0.2, 0.25) is 15.9 Å². The van der Waals surface area contributed by atoms with Crippen LogP contribution in [0.5, 0.6) is 0 Å². The second kappa shape index (κ2) is 8.83. The molecule has 30 heavy (non-hydrogen) atoms. The molecular formula is C21H26FN3O4S. The van der Waals surface area contributed by atoms with Crippen LogP contribution in [0.15, 0.2) is 48.5 Å². The number of rotatable bonds is 6. The van der Waals surface area contributed by atoms with Gasteiger partial charge in [0, 0.05) is 5.54 Å². The molecule has 0 fully saturated rings. The third-order valence-electron chi connectivity index (χ3n) is 4.07. The van der Waals surface area contributed by atoms with Crippen LogP contribution in [0.1, 0.15) is 38.1 Å². The lowest BCUT2D eigenvalue weighted by Gasteiger charge is -2.28. The average molecular weight is 436 g/mol. The number of anilines is 2. The lowest BCUT2D eigenvalue weighted by molar-refractivity contribution is -0.116. The molecule has 0 heterocycles. The SMILES string of the molecule is C[C@@H](C(=O)Nc1ccccc1C(=O)NC(C)(C)C)N(c1cccc(F)c1)S(C)(=O)=O. The Morgan fingerprint density at radius 2 is 1.70 bits per heavy atom. The van der Waals surface area contributed by atoms with Gasteiger partial charge in [-0.3, -0.25) is 13.9 Å². The molecule has 0 aromatic heterocycles. The first-order chi connectivity index (χ1) is 13.8. The number of para-hydroxylation sites is 1. The molecule has 0 aliphatic carbocycles. The fraction of sp³-hybridized carbons (Fsp3) is 0.333. The highest BCUT2D eigenvalue weighted by Crippen LogP contribution is 2.23. The summed E-state index contributed by atoms with van der Waals surface area (Å²) in [5.41, 5.74) is 0.0266. The van der Waals surface area contributed by atoms with E-state index in [1.165, 1.54) is 25.1 Å². The molecule has 2 aromatic rings. The highest BCUT2D eigenvalue weighted by molar-refractivity contribution is 7.92. The molecule has 0 radical (unpaired) electrons. The molecule has 0 bridgehead atoms. The largest absolute Gasteiger partial charge is 0.347 e. The molecule has 2 rings (SSSR count). The summed E-state index contributed by atoms with van der Waals surface area (Å²) in [6.07, 6.45) is 0.937. The first kappa shape index (κ1) is 23.3. The third-order valence-corrected chi connectivity index (χ3v) is 5.31. The lowest BCUT2D eigenvalue weighted by atomic mass is 10.1. The molecular weight excluding hydrogens is 409 g/mol. The van der Waals surface area contributed by atoms with Crippen molar-refractivity contribution in [1.29, 1.82) is 0 Å². The number of amides is 2. The van der Waals surface area contributed by atoms with Crippen molar-refractivity contribution in [2.75, 3.05) is 15.9 Å². The fourth-order valence-electron chi connectivity index (χ4n) is 2.86. The molecule has 0 saturated carbocycles. The van der Waals surface area contributed by atoms with Gasteiger partial charge in [-0.15, -0.1) is 0 Å². The van der Waals surface area contributed by atoms with E-state index in [9.17, 15) is 22.4 Å². The molecule has 9 heteroatoms. The van der Waals surface area contributed by atoms with E-state index in [4.69, 9.17) is 0 Å². The molecule has 0 unspecified atom stereocenters. The summed E-state index contributed by atoms with van der Waals surface area (Å²) < 4.78 is 39.1. The number of sulfonamides is 1. The van der Waals surface area contributed by atoms with Crippen LogP contribution in [0.4, 0.5) is 15.8 Å². The minimum Gasteiger partial charge on any atom is -0.347 e. The number of nitrogens with zero attached hydrogens (tertiary/aromatic N) is 1. The van der Waals surface area contributed by atoms with E-state index in [0.29, 0.717) is 0 Å². The number of benzene rings is 2. The van der Waals surface area contributed by atoms with Crippen LogP contribution in [0, 0.1) is 5.82 Å². The minimum absolute atomic E-state index is 0.0268. The molecule has 2 amide bonds. The number of carbonyl (C=O) groups excluding carboxylic acids is 2. The molecule has 2 aromatic carbocycles. The van der Waals surface area contributed by atoms with Gasteiger partial charge in [-0.05, 0) is 58.0 Å². The topological polar surface area (TPSA) is 95.6 Å². The Morgan fingerprint density at radius 3 is 2.27 bits per heavy atom. The molecule has 1 atom stereocenters. The molecule has 0 aliphatic rings. The summed E-state index contributed by atoms with van der Waals surface area (Å²) in [5, 5.41) is 5.43. The Morgan fingerprint density at radius 1 is 1.07 bits per heavy atom. The molecule has 2 N–H and O–H groups in total. The number of hydrogen-bond donors (Lipinski definition) is 2. The summed E-state index contributed by atoms with van der Waals surface area (Å²) in [5.74, 6) is -1.67. The van der Waals surface area contributed by atoms with Gasteiger partial charge in [-0.2, -0.15) is 0 Å². The van der Waals surface area contributed by atoms with Crippen LogP contribution < -0.4 is 14.9 Å². The summed E-state index contributed by atoms with van der Waals surface area (Å²) in [4.78, 5) is 25.5. The maximum Gasteiger partial charge on any atom is 0.253 e. The van der Waals surface area contributed by atoms with Crippen molar-refractivity contribution in [2.45, 2.75) is 39.3 Å². The van der Waals surface area contributed by atoms with E-state index in [1.54, 1.807) is 24.3 Å². The third kappa shape index (κ3) is 6.03. The summed E-state index contributed by atoms with van der Waals surface area (Å²) in [6.45, 7) is 6.88. The Bertz CT molecular complexity index is 1050. The van der Waals surface area contributed by atoms with Crippen LogP contribution in [0.25, 0.3) is 0 Å². The predicted octanol–water partition coefficient (Wildman–Crippen LogP) is 3.15. The number of halogens is 1. The van der Waals surface area contributed by atoms with Gasteiger partial charge >= 0.3 is 0 Å². The van der Waals surface area contributed by atoms with E-state index in [0.717, 1.165) is 16.6 Å². The van der Waals surface area contributed by atoms with Crippen LogP contribution in [-0.2, 0) is 14.8 Å². The summed E-state index contributed by atoms with van der Waals surface area (Å²) in [6, 6.07) is 10.2. The van der Waals surface area contributed by atoms with Gasteiger partial charge in [0.15, 0.2) is 0 Å². The predicted molar refractivity (Wildman–Crippen MR) is 115 cm³/mol. The van der Waals surface area contributed by atoms with Crippen LogP contribution in [-0.4, -0.2) is 38.1 Å². The number of hydrogen-bond acceptors (Lipinski definition) is 4. The number of carbonyl (C=O) groups is 2. The lowest BCUT2D eigenvalue weighted by Crippen LogP contribution is -2.46. The van der Waals surface area contributed by atoms with Crippen molar-refractivity contribution < 1.29 is 22.4 Å². The Labute approximate surface area is 176 Å². The first-order valence-electron chi connectivity index (χ1n) is 9.27. The fourth-order valence-corrected chi connectivity index (χ4v) is 4.02. The summed E-state index contributed by atoms with van der Waals surface area (Å²) >= 11 is 0. The molecule has 7 nitrogen and oxygen atoms in total. The van der Waals surface area contributed by atoms with Crippen LogP contribution in [0.3, 0.4) is 0 Å². The number of nitrogens with one attached hydrogen (secondary N) is 2. The monoisotopic (exact) mass is 435 g/mol. The van der Waals surface area contributed by atoms with Gasteiger partial charge < -0.3 is 10.6 Å². The van der Waals surface area contributed by atoms with Crippen molar-refractivity contribution in [3.63, 3.8) is 0 Å². The molecule has 0 saturated heterocycles. The van der Waals surface area contributed by atoms with Crippen LogP contribution in [0.2, 0.25) is 0 Å². The first-order valence-corrected chi connectivity index (χ1v) is 11.1. The zero-order valence-corrected chi connectivity index (χ0v) is 18.4. The summed E-state index contributed by atoms with van der Waals surface area (Å²) in [7, 11) is -3.90. The highest BCUT2D eigenvalue weighted by atomic mass is 32.2. The standard InChI is InChI=1S/C21H26FN3O4S/c1-14(25(30(5,28)29)16-10-8-9-15(22)13-16)19(26)23-18-12-7-6-11-17(18)20(27)24-21(2,3)4/h6-14H,1-5H3,(H,23,26)(H,24,27)/t14-/m0/s1. The van der Waals surface area contributed by atoms with Gasteiger partial charge in [0.05, 0.1) is 23.2 Å². The van der Waals surface area contributed by atoms with E-state index in [1.807, 2.05) is 20.8 Å². The second-order valence-corrected chi connectivity index (χ2v) is 9.81. The Kier molecular flexibility index (Phi) is 6.87. The van der Waals surface area contributed by atoms with E-state index < -0.39 is 33.3 Å². The van der Waals surface area contributed by atoms with Gasteiger partial charge in [0.1, 0.15) is 11.9 Å². The maximum atomic E-state index is 13.6. The van der Waals surface area contributed by atoms with Crippen molar-refractivity contribution in [2.24, 2.45) is 0 Å². The van der Waals surface area contributed by atoms with Gasteiger partial charge in [-0.1, -0.05) is 18.2 Å². The molecule has 162 valence electrons. The van der Waals surface area contributed by atoms with E-state index in [2.05, 4.69) is 10.6 Å². The Balaban J connectivity index is 2.34. The second-order valence-electron chi connectivity index (χ2n) is 7.95. The maximum absolute atomic E-state index is 13.6. The van der Waals surface area contributed by atoms with Crippen LogP contribution >= 0.6 is 0 Å². The molecule has 0 spiro atoms. The van der Waals surface area contributed by atoms with E-state index in [-0.39, 0.29) is 22.8 Å². The normalized spacial score (nSPS) is 12.7. The van der Waals surface area contributed by atoms with Crippen molar-refractivity contribution >= 4 is 33.2 Å². The van der Waals surface area contributed by atoms with E-state index >= 15 is 0 Å². The minimum atomic E-state index is -3.90. The zero-order valence-electron chi connectivity index (χ0n) is 17.6. The quantitative estimate of drug-likeness (QED) is 0.729.